The maximum Gasteiger partial charge on any atom is 0.258 e. The Morgan fingerprint density at radius 3 is 2.55 bits per heavy atom. The smallest absolute Gasteiger partial charge is 0.258 e. The maximum atomic E-state index is 12.8. The zero-order valence-electron chi connectivity index (χ0n) is 16.6. The number of hydrogen-bond acceptors (Lipinski definition) is 6. The highest BCUT2D eigenvalue weighted by atomic mass is 32.2. The lowest BCUT2D eigenvalue weighted by atomic mass is 10.2. The average Bonchev–Trinajstić information content (AvgIpc) is 3.46. The van der Waals surface area contributed by atoms with Crippen LogP contribution >= 0.6 is 34.4 Å². The van der Waals surface area contributed by atoms with Gasteiger partial charge in [0.1, 0.15) is 0 Å². The van der Waals surface area contributed by atoms with Gasteiger partial charge in [0.05, 0.1) is 21.9 Å². The molecule has 0 aliphatic carbocycles. The second-order valence-corrected chi connectivity index (χ2v) is 9.49. The normalized spacial score (nSPS) is 10.6. The maximum absolute atomic E-state index is 12.8. The summed E-state index contributed by atoms with van der Waals surface area (Å²) in [5.41, 5.74) is 3.26. The number of rotatable bonds is 7. The van der Waals surface area contributed by atoms with Crippen LogP contribution in [0.2, 0.25) is 0 Å². The quantitative estimate of drug-likeness (QED) is 0.321. The number of carbonyl (C=O) groups is 2. The Kier molecular flexibility index (Phi) is 6.81. The van der Waals surface area contributed by atoms with Crippen LogP contribution in [0.15, 0.2) is 76.3 Å². The third-order valence-electron chi connectivity index (χ3n) is 4.32. The molecule has 0 unspecified atom stereocenters. The monoisotopic (exact) mass is 465 g/mol. The molecule has 0 spiro atoms. The number of carbonyl (C=O) groups excluding carboxylic acids is 2. The van der Waals surface area contributed by atoms with Crippen LogP contribution in [0.5, 0.6) is 0 Å². The predicted molar refractivity (Wildman–Crippen MR) is 130 cm³/mol. The van der Waals surface area contributed by atoms with Gasteiger partial charge in [0.15, 0.2) is 5.13 Å². The number of thioether (sulfide) groups is 1. The first-order chi connectivity index (χ1) is 15.1. The Balaban J connectivity index is 1.39. The summed E-state index contributed by atoms with van der Waals surface area (Å²) in [7, 11) is 0. The molecule has 5 nitrogen and oxygen atoms in total. The van der Waals surface area contributed by atoms with Crippen LogP contribution in [-0.4, -0.2) is 22.6 Å². The average molecular weight is 466 g/mol. The van der Waals surface area contributed by atoms with Crippen LogP contribution in [0.25, 0.3) is 10.6 Å². The molecule has 2 N–H and O–H groups in total. The van der Waals surface area contributed by atoms with E-state index in [4.69, 9.17) is 0 Å². The highest BCUT2D eigenvalue weighted by molar-refractivity contribution is 8.00. The first-order valence-corrected chi connectivity index (χ1v) is 12.2. The van der Waals surface area contributed by atoms with E-state index in [2.05, 4.69) is 15.6 Å². The van der Waals surface area contributed by atoms with Gasteiger partial charge < -0.3 is 5.32 Å². The predicted octanol–water partition coefficient (Wildman–Crippen LogP) is 6.16. The molecule has 0 saturated heterocycles. The zero-order valence-corrected chi connectivity index (χ0v) is 19.1. The van der Waals surface area contributed by atoms with Gasteiger partial charge in [-0.25, -0.2) is 4.98 Å². The van der Waals surface area contributed by atoms with E-state index in [-0.39, 0.29) is 17.6 Å². The van der Waals surface area contributed by atoms with Crippen molar-refractivity contribution in [2.24, 2.45) is 0 Å². The molecule has 31 heavy (non-hydrogen) atoms. The number of aryl methyl sites for hydroxylation is 1. The molecular formula is C23H19N3O2S3. The lowest BCUT2D eigenvalue weighted by molar-refractivity contribution is -0.113. The van der Waals surface area contributed by atoms with Crippen molar-refractivity contribution in [3.8, 4) is 10.6 Å². The van der Waals surface area contributed by atoms with E-state index in [1.165, 1.54) is 23.1 Å². The molecule has 4 rings (SSSR count). The van der Waals surface area contributed by atoms with Gasteiger partial charge in [-0.2, -0.15) is 0 Å². The molecule has 8 heteroatoms. The van der Waals surface area contributed by atoms with Crippen LogP contribution < -0.4 is 10.6 Å². The summed E-state index contributed by atoms with van der Waals surface area (Å²) >= 11 is 4.33. The summed E-state index contributed by atoms with van der Waals surface area (Å²) in [5, 5.41) is 10.2. The van der Waals surface area contributed by atoms with Gasteiger partial charge in [0.25, 0.3) is 5.91 Å². The standard InChI is InChI=1S/C23H19N3O2S3/c1-15-8-10-16(11-9-15)24-21(27)14-30-19-6-3-2-5-17(19)22(28)26-23-25-18(13-31-23)20-7-4-12-29-20/h2-13H,14H2,1H3,(H,24,27)(H,25,26,28). The molecule has 2 amide bonds. The Hall–Kier alpha value is -2.94. The molecule has 2 heterocycles. The van der Waals surface area contributed by atoms with Crippen molar-refractivity contribution in [2.75, 3.05) is 16.4 Å². The number of amides is 2. The van der Waals surface area contributed by atoms with Crippen LogP contribution in [0.1, 0.15) is 15.9 Å². The van der Waals surface area contributed by atoms with Gasteiger partial charge in [0, 0.05) is 16.0 Å². The van der Waals surface area contributed by atoms with Crippen molar-refractivity contribution in [2.45, 2.75) is 11.8 Å². The summed E-state index contributed by atoms with van der Waals surface area (Å²) in [4.78, 5) is 31.5. The van der Waals surface area contributed by atoms with Gasteiger partial charge in [-0.15, -0.1) is 34.4 Å². The lowest BCUT2D eigenvalue weighted by Crippen LogP contribution is -2.15. The van der Waals surface area contributed by atoms with Crippen LogP contribution in [0, 0.1) is 6.92 Å². The molecule has 0 atom stereocenters. The molecule has 0 bridgehead atoms. The molecule has 2 aromatic heterocycles. The first kappa shape index (κ1) is 21.3. The third kappa shape index (κ3) is 5.61. The molecular weight excluding hydrogens is 446 g/mol. The second-order valence-electron chi connectivity index (χ2n) is 6.67. The molecule has 0 fully saturated rings. The van der Waals surface area contributed by atoms with Gasteiger partial charge >= 0.3 is 0 Å². The van der Waals surface area contributed by atoms with E-state index in [0.717, 1.165) is 26.7 Å². The topological polar surface area (TPSA) is 71.1 Å². The highest BCUT2D eigenvalue weighted by Gasteiger charge is 2.15. The van der Waals surface area contributed by atoms with Gasteiger partial charge in [-0.05, 0) is 42.6 Å². The Bertz CT molecular complexity index is 1190. The number of thiophene rings is 1. The minimum atomic E-state index is -0.242. The molecule has 0 saturated carbocycles. The minimum absolute atomic E-state index is 0.121. The number of aromatic nitrogens is 1. The fourth-order valence-electron chi connectivity index (χ4n) is 2.79. The Morgan fingerprint density at radius 2 is 1.77 bits per heavy atom. The first-order valence-electron chi connectivity index (χ1n) is 9.47. The third-order valence-corrected chi connectivity index (χ3v) is 7.05. The fourth-order valence-corrected chi connectivity index (χ4v) is 5.11. The largest absolute Gasteiger partial charge is 0.325 e. The minimum Gasteiger partial charge on any atom is -0.325 e. The van der Waals surface area contributed by atoms with Crippen molar-refractivity contribution in [3.63, 3.8) is 0 Å². The molecule has 4 aromatic rings. The van der Waals surface area contributed by atoms with E-state index < -0.39 is 0 Å². The Morgan fingerprint density at radius 1 is 0.968 bits per heavy atom. The van der Waals surface area contributed by atoms with E-state index in [0.29, 0.717) is 10.7 Å². The van der Waals surface area contributed by atoms with E-state index in [1.807, 2.05) is 72.3 Å². The van der Waals surface area contributed by atoms with Gasteiger partial charge in [-0.1, -0.05) is 35.9 Å². The van der Waals surface area contributed by atoms with Crippen molar-refractivity contribution in [3.05, 3.63) is 82.6 Å². The van der Waals surface area contributed by atoms with Gasteiger partial charge in [0.2, 0.25) is 5.91 Å². The van der Waals surface area contributed by atoms with Crippen molar-refractivity contribution in [1.29, 1.82) is 0 Å². The van der Waals surface area contributed by atoms with Gasteiger partial charge in [-0.3, -0.25) is 14.9 Å². The van der Waals surface area contributed by atoms with Crippen LogP contribution in [0.4, 0.5) is 10.8 Å². The number of thiazole rings is 1. The van der Waals surface area contributed by atoms with Crippen LogP contribution in [-0.2, 0) is 4.79 Å². The number of benzene rings is 2. The molecule has 156 valence electrons. The number of nitrogens with zero attached hydrogens (tertiary/aromatic N) is 1. The fraction of sp³-hybridized carbons (Fsp3) is 0.0870. The lowest BCUT2D eigenvalue weighted by Gasteiger charge is -2.09. The Labute approximate surface area is 192 Å². The summed E-state index contributed by atoms with van der Waals surface area (Å²) in [6.45, 7) is 2.00. The highest BCUT2D eigenvalue weighted by Crippen LogP contribution is 2.29. The van der Waals surface area contributed by atoms with E-state index >= 15 is 0 Å². The summed E-state index contributed by atoms with van der Waals surface area (Å²) in [6.07, 6.45) is 0. The van der Waals surface area contributed by atoms with E-state index in [1.54, 1.807) is 17.4 Å². The summed E-state index contributed by atoms with van der Waals surface area (Å²) in [6, 6.07) is 18.9. The SMILES string of the molecule is Cc1ccc(NC(=O)CSc2ccccc2C(=O)Nc2nc(-c3cccs3)cs2)cc1. The number of hydrogen-bond donors (Lipinski definition) is 2. The summed E-state index contributed by atoms with van der Waals surface area (Å²) < 4.78 is 0. The zero-order chi connectivity index (χ0) is 21.6. The van der Waals surface area contributed by atoms with E-state index in [9.17, 15) is 9.59 Å². The molecule has 0 aliphatic rings. The second kappa shape index (κ2) is 9.91. The van der Waals surface area contributed by atoms with Crippen molar-refractivity contribution >= 4 is 57.1 Å². The molecule has 0 radical (unpaired) electrons. The number of anilines is 2. The summed E-state index contributed by atoms with van der Waals surface area (Å²) in [5.74, 6) is -0.156. The van der Waals surface area contributed by atoms with Crippen molar-refractivity contribution < 1.29 is 9.59 Å². The molecule has 0 aliphatic heterocycles. The number of nitrogens with one attached hydrogen (secondary N) is 2. The van der Waals surface area contributed by atoms with Crippen molar-refractivity contribution in [1.82, 2.24) is 4.98 Å². The molecule has 2 aromatic carbocycles. The van der Waals surface area contributed by atoms with Crippen LogP contribution in [0.3, 0.4) is 0 Å².